The van der Waals surface area contributed by atoms with Gasteiger partial charge >= 0.3 is 0 Å². The van der Waals surface area contributed by atoms with Crippen LogP contribution in [0.4, 0.5) is 5.69 Å². The summed E-state index contributed by atoms with van der Waals surface area (Å²) in [5, 5.41) is 3.20. The maximum absolute atomic E-state index is 13.1. The normalized spacial score (nSPS) is 21.6. The molecule has 2 aliphatic heterocycles. The third kappa shape index (κ3) is 4.64. The molecule has 0 aromatic heterocycles. The van der Waals surface area contributed by atoms with Crippen LogP contribution in [0.5, 0.6) is 0 Å². The largest absolute Gasteiger partial charge is 0.365 e. The molecule has 0 radical (unpaired) electrons. The molecule has 2 aliphatic rings. The van der Waals surface area contributed by atoms with Crippen LogP contribution in [0.3, 0.4) is 0 Å². The van der Waals surface area contributed by atoms with Gasteiger partial charge in [-0.2, -0.15) is 0 Å². The Balaban J connectivity index is 1.49. The fourth-order valence-corrected chi connectivity index (χ4v) is 4.69. The van der Waals surface area contributed by atoms with Crippen molar-refractivity contribution in [3.8, 4) is 0 Å². The van der Waals surface area contributed by atoms with Crippen LogP contribution in [0, 0.1) is 11.8 Å². The molecular formula is C25H33N3O. The van der Waals surface area contributed by atoms with Crippen molar-refractivity contribution < 1.29 is 4.79 Å². The average molecular weight is 392 g/mol. The van der Waals surface area contributed by atoms with Crippen LogP contribution in [0.15, 0.2) is 54.6 Å². The Morgan fingerprint density at radius 3 is 2.62 bits per heavy atom. The van der Waals surface area contributed by atoms with Crippen molar-refractivity contribution >= 4 is 11.6 Å². The first kappa shape index (κ1) is 20.0. The predicted octanol–water partition coefficient (Wildman–Crippen LogP) is 3.36. The fourth-order valence-electron chi connectivity index (χ4n) is 4.69. The predicted molar refractivity (Wildman–Crippen MR) is 119 cm³/mol. The molecular weight excluding hydrogens is 358 g/mol. The van der Waals surface area contributed by atoms with Crippen molar-refractivity contribution in [2.75, 3.05) is 37.6 Å². The van der Waals surface area contributed by atoms with Gasteiger partial charge in [0.1, 0.15) is 0 Å². The standard InChI is InChI=1S/C25H33N3O/c1-19(2)17-26-25(29)22-16-21-10-6-7-11-23(21)28-15-14-27(18-24(22)28)13-12-20-8-4-3-5-9-20/h3-11,19,22,24H,12-18H2,1-2H3,(H,26,29). The highest BCUT2D eigenvalue weighted by molar-refractivity contribution is 5.82. The second-order valence-electron chi connectivity index (χ2n) is 8.88. The lowest BCUT2D eigenvalue weighted by molar-refractivity contribution is -0.126. The van der Waals surface area contributed by atoms with Crippen LogP contribution in [0.2, 0.25) is 0 Å². The summed E-state index contributed by atoms with van der Waals surface area (Å²) in [6, 6.07) is 19.6. The van der Waals surface area contributed by atoms with Gasteiger partial charge in [0.2, 0.25) is 5.91 Å². The van der Waals surface area contributed by atoms with E-state index in [1.807, 2.05) is 0 Å². The number of carbonyl (C=O) groups is 1. The molecule has 2 aromatic carbocycles. The number of nitrogens with zero attached hydrogens (tertiary/aromatic N) is 2. The summed E-state index contributed by atoms with van der Waals surface area (Å²) in [5.74, 6) is 0.705. The van der Waals surface area contributed by atoms with Gasteiger partial charge in [0.25, 0.3) is 0 Å². The van der Waals surface area contributed by atoms with Gasteiger partial charge in [-0.15, -0.1) is 0 Å². The van der Waals surface area contributed by atoms with E-state index in [1.54, 1.807) is 0 Å². The van der Waals surface area contributed by atoms with E-state index in [4.69, 9.17) is 0 Å². The molecule has 4 nitrogen and oxygen atoms in total. The first-order valence-corrected chi connectivity index (χ1v) is 11.0. The summed E-state index contributed by atoms with van der Waals surface area (Å²) in [5.41, 5.74) is 4.02. The lowest BCUT2D eigenvalue weighted by atomic mass is 9.83. The number of para-hydroxylation sites is 1. The number of rotatable bonds is 6. The molecule has 1 saturated heterocycles. The van der Waals surface area contributed by atoms with Gasteiger partial charge in [0, 0.05) is 38.4 Å². The van der Waals surface area contributed by atoms with Crippen molar-refractivity contribution in [1.82, 2.24) is 10.2 Å². The zero-order chi connectivity index (χ0) is 20.2. The number of anilines is 1. The van der Waals surface area contributed by atoms with Gasteiger partial charge in [-0.3, -0.25) is 9.69 Å². The Kier molecular flexibility index (Phi) is 6.19. The lowest BCUT2D eigenvalue weighted by Crippen LogP contribution is -2.61. The van der Waals surface area contributed by atoms with Gasteiger partial charge < -0.3 is 10.2 Å². The summed E-state index contributed by atoms with van der Waals surface area (Å²) in [6.45, 7) is 9.10. The molecule has 29 heavy (non-hydrogen) atoms. The SMILES string of the molecule is CC(C)CNC(=O)C1Cc2ccccc2N2CCN(CCc3ccccc3)CC12. The van der Waals surface area contributed by atoms with E-state index in [0.29, 0.717) is 5.92 Å². The quantitative estimate of drug-likeness (QED) is 0.820. The maximum Gasteiger partial charge on any atom is 0.225 e. The van der Waals surface area contributed by atoms with E-state index in [0.717, 1.165) is 45.6 Å². The van der Waals surface area contributed by atoms with Crippen LogP contribution in [0.25, 0.3) is 0 Å². The molecule has 4 rings (SSSR count). The Morgan fingerprint density at radius 1 is 1.07 bits per heavy atom. The van der Waals surface area contributed by atoms with E-state index in [9.17, 15) is 4.79 Å². The van der Waals surface area contributed by atoms with Crippen molar-refractivity contribution in [2.45, 2.75) is 32.7 Å². The Morgan fingerprint density at radius 2 is 1.83 bits per heavy atom. The van der Waals surface area contributed by atoms with Crippen LogP contribution >= 0.6 is 0 Å². The highest BCUT2D eigenvalue weighted by Gasteiger charge is 2.41. The first-order chi connectivity index (χ1) is 14.1. The number of hydrogen-bond acceptors (Lipinski definition) is 3. The number of amides is 1. The molecule has 2 unspecified atom stereocenters. The smallest absolute Gasteiger partial charge is 0.225 e. The minimum absolute atomic E-state index is 0.0168. The van der Waals surface area contributed by atoms with Crippen LogP contribution in [0.1, 0.15) is 25.0 Å². The van der Waals surface area contributed by atoms with Gasteiger partial charge in [0.15, 0.2) is 0 Å². The first-order valence-electron chi connectivity index (χ1n) is 11.0. The Hall–Kier alpha value is -2.33. The topological polar surface area (TPSA) is 35.6 Å². The van der Waals surface area contributed by atoms with Crippen LogP contribution in [-0.4, -0.2) is 49.6 Å². The molecule has 1 amide bonds. The molecule has 2 heterocycles. The third-order valence-electron chi connectivity index (χ3n) is 6.29. The van der Waals surface area contributed by atoms with Gasteiger partial charge in [-0.25, -0.2) is 0 Å². The summed E-state index contributed by atoms with van der Waals surface area (Å²) >= 11 is 0. The summed E-state index contributed by atoms with van der Waals surface area (Å²) in [6.07, 6.45) is 1.90. The fraction of sp³-hybridized carbons (Fsp3) is 0.480. The summed E-state index contributed by atoms with van der Waals surface area (Å²) in [4.78, 5) is 18.1. The number of benzene rings is 2. The lowest BCUT2D eigenvalue weighted by Gasteiger charge is -2.49. The molecule has 1 fully saturated rings. The number of hydrogen-bond donors (Lipinski definition) is 1. The minimum atomic E-state index is 0.0168. The minimum Gasteiger partial charge on any atom is -0.365 e. The second-order valence-corrected chi connectivity index (χ2v) is 8.88. The molecule has 154 valence electrons. The van der Waals surface area contributed by atoms with Gasteiger partial charge in [-0.05, 0) is 36.0 Å². The van der Waals surface area contributed by atoms with Crippen molar-refractivity contribution in [3.63, 3.8) is 0 Å². The number of fused-ring (bicyclic) bond motifs is 3. The highest BCUT2D eigenvalue weighted by atomic mass is 16.1. The molecule has 0 aliphatic carbocycles. The van der Waals surface area contributed by atoms with E-state index < -0.39 is 0 Å². The zero-order valence-electron chi connectivity index (χ0n) is 17.7. The van der Waals surface area contributed by atoms with Gasteiger partial charge in [0.05, 0.1) is 12.0 Å². The average Bonchev–Trinajstić information content (AvgIpc) is 2.76. The van der Waals surface area contributed by atoms with E-state index >= 15 is 0 Å². The molecule has 0 bridgehead atoms. The third-order valence-corrected chi connectivity index (χ3v) is 6.29. The summed E-state index contributed by atoms with van der Waals surface area (Å²) < 4.78 is 0. The number of carbonyl (C=O) groups excluding carboxylic acids is 1. The van der Waals surface area contributed by atoms with E-state index in [1.165, 1.54) is 16.8 Å². The molecule has 2 atom stereocenters. The Labute approximate surface area is 174 Å². The molecule has 0 saturated carbocycles. The van der Waals surface area contributed by atoms with Crippen molar-refractivity contribution in [3.05, 3.63) is 65.7 Å². The molecule has 2 aromatic rings. The highest BCUT2D eigenvalue weighted by Crippen LogP contribution is 2.36. The number of piperazine rings is 1. The monoisotopic (exact) mass is 391 g/mol. The van der Waals surface area contributed by atoms with Crippen LogP contribution in [-0.2, 0) is 17.6 Å². The van der Waals surface area contributed by atoms with Crippen molar-refractivity contribution in [1.29, 1.82) is 0 Å². The van der Waals surface area contributed by atoms with E-state index in [-0.39, 0.29) is 17.9 Å². The molecule has 0 spiro atoms. The van der Waals surface area contributed by atoms with Crippen molar-refractivity contribution in [2.24, 2.45) is 11.8 Å². The zero-order valence-corrected chi connectivity index (χ0v) is 17.7. The molecule has 4 heteroatoms. The second kappa shape index (κ2) is 9.00. The molecule has 1 N–H and O–H groups in total. The maximum atomic E-state index is 13.1. The Bertz CT molecular complexity index is 820. The number of nitrogens with one attached hydrogen (secondary N) is 1. The van der Waals surface area contributed by atoms with Gasteiger partial charge in [-0.1, -0.05) is 62.4 Å². The summed E-state index contributed by atoms with van der Waals surface area (Å²) in [7, 11) is 0. The van der Waals surface area contributed by atoms with Crippen LogP contribution < -0.4 is 10.2 Å². The van der Waals surface area contributed by atoms with E-state index in [2.05, 4.69) is 83.6 Å².